The Balaban J connectivity index is 2.18. The van der Waals surface area contributed by atoms with Crippen molar-refractivity contribution in [1.29, 1.82) is 0 Å². The Labute approximate surface area is 109 Å². The smallest absolute Gasteiger partial charge is 0.137 e. The molecule has 2 heteroatoms. The van der Waals surface area contributed by atoms with Gasteiger partial charge in [-0.2, -0.15) is 0 Å². The first kappa shape index (κ1) is 13.2. The summed E-state index contributed by atoms with van der Waals surface area (Å²) in [5.41, 5.74) is 3.69. The van der Waals surface area contributed by atoms with Gasteiger partial charge in [0.15, 0.2) is 0 Å². The Hall–Kier alpha value is -1.28. The van der Waals surface area contributed by atoms with Crippen LogP contribution >= 0.6 is 0 Å². The molecule has 0 aliphatic carbocycles. The molecule has 0 aliphatic rings. The van der Waals surface area contributed by atoms with Gasteiger partial charge in [-0.15, -0.1) is 0 Å². The van der Waals surface area contributed by atoms with Gasteiger partial charge in [0.25, 0.3) is 0 Å². The van der Waals surface area contributed by atoms with E-state index < -0.39 is 0 Å². The molecular formula is C16H23NO. The quantitative estimate of drug-likeness (QED) is 0.775. The van der Waals surface area contributed by atoms with Crippen LogP contribution in [0.2, 0.25) is 0 Å². The largest absolute Gasteiger partial charge is 0.464 e. The number of hydrogen-bond donors (Lipinski definition) is 1. The molecule has 0 fully saturated rings. The number of para-hydroxylation sites is 1. The van der Waals surface area contributed by atoms with Gasteiger partial charge in [0.2, 0.25) is 0 Å². The molecule has 0 unspecified atom stereocenters. The summed E-state index contributed by atoms with van der Waals surface area (Å²) in [5, 5.41) is 4.71. The molecule has 2 nitrogen and oxygen atoms in total. The van der Waals surface area contributed by atoms with Crippen LogP contribution in [0.15, 0.2) is 28.9 Å². The van der Waals surface area contributed by atoms with Gasteiger partial charge in [-0.05, 0) is 43.0 Å². The van der Waals surface area contributed by atoms with Crippen LogP contribution in [0.1, 0.15) is 44.2 Å². The minimum atomic E-state index is 0.505. The molecule has 0 radical (unpaired) electrons. The fourth-order valence-electron chi connectivity index (χ4n) is 2.31. The zero-order valence-electron chi connectivity index (χ0n) is 11.6. The summed E-state index contributed by atoms with van der Waals surface area (Å²) in [7, 11) is 0. The van der Waals surface area contributed by atoms with Crippen molar-refractivity contribution >= 4 is 11.0 Å². The van der Waals surface area contributed by atoms with E-state index in [-0.39, 0.29) is 0 Å². The number of hydrogen-bond acceptors (Lipinski definition) is 2. The number of nitrogens with one attached hydrogen (secondary N) is 1. The molecule has 0 saturated heterocycles. The summed E-state index contributed by atoms with van der Waals surface area (Å²) >= 11 is 0. The molecule has 1 aromatic carbocycles. The normalized spacial score (nSPS) is 11.6. The third kappa shape index (κ3) is 2.75. The van der Waals surface area contributed by atoms with Gasteiger partial charge in [0.05, 0.1) is 6.26 Å². The van der Waals surface area contributed by atoms with Crippen LogP contribution in [0.4, 0.5) is 0 Å². The van der Waals surface area contributed by atoms with Crippen molar-refractivity contribution in [3.05, 3.63) is 35.6 Å². The summed E-state index contributed by atoms with van der Waals surface area (Å²) < 4.78 is 5.77. The van der Waals surface area contributed by atoms with Crippen molar-refractivity contribution in [3.63, 3.8) is 0 Å². The maximum Gasteiger partial charge on any atom is 0.137 e. The minimum Gasteiger partial charge on any atom is -0.464 e. The third-order valence-corrected chi connectivity index (χ3v) is 3.33. The Morgan fingerprint density at radius 3 is 2.78 bits per heavy atom. The van der Waals surface area contributed by atoms with Crippen molar-refractivity contribution in [3.8, 4) is 0 Å². The lowest BCUT2D eigenvalue weighted by molar-refractivity contribution is 0.598. The molecule has 2 rings (SSSR count). The Morgan fingerprint density at radius 1 is 1.22 bits per heavy atom. The van der Waals surface area contributed by atoms with Crippen LogP contribution in [0.5, 0.6) is 0 Å². The molecule has 0 atom stereocenters. The molecule has 0 aliphatic heterocycles. The molecule has 1 heterocycles. The van der Waals surface area contributed by atoms with Crippen molar-refractivity contribution in [1.82, 2.24) is 5.32 Å². The molecule has 98 valence electrons. The molecule has 1 N–H and O–H groups in total. The topological polar surface area (TPSA) is 25.2 Å². The zero-order chi connectivity index (χ0) is 13.0. The maximum absolute atomic E-state index is 5.77. The highest BCUT2D eigenvalue weighted by Crippen LogP contribution is 2.29. The highest BCUT2D eigenvalue weighted by Gasteiger charge is 2.11. The van der Waals surface area contributed by atoms with Gasteiger partial charge in [0.1, 0.15) is 5.58 Å². The fraction of sp³-hybridized carbons (Fsp3) is 0.500. The highest BCUT2D eigenvalue weighted by molar-refractivity contribution is 5.84. The minimum absolute atomic E-state index is 0.505. The standard InChI is InChI=1S/C16H23NO/c1-4-9-17-10-8-13-11-18-16-14(12(2)3)6-5-7-15(13)16/h5-7,11-12,17H,4,8-10H2,1-3H3. The van der Waals surface area contributed by atoms with Crippen molar-refractivity contribution < 1.29 is 4.42 Å². The van der Waals surface area contributed by atoms with Crippen LogP contribution in [0.3, 0.4) is 0 Å². The average Bonchev–Trinajstić information content (AvgIpc) is 2.77. The first-order valence-electron chi connectivity index (χ1n) is 6.93. The van der Waals surface area contributed by atoms with Crippen molar-refractivity contribution in [2.45, 2.75) is 39.5 Å². The van der Waals surface area contributed by atoms with Gasteiger partial charge >= 0.3 is 0 Å². The van der Waals surface area contributed by atoms with Crippen molar-refractivity contribution in [2.75, 3.05) is 13.1 Å². The first-order valence-corrected chi connectivity index (χ1v) is 6.93. The van der Waals surface area contributed by atoms with E-state index >= 15 is 0 Å². The lowest BCUT2D eigenvalue weighted by atomic mass is 9.99. The maximum atomic E-state index is 5.77. The third-order valence-electron chi connectivity index (χ3n) is 3.33. The first-order chi connectivity index (χ1) is 8.74. The summed E-state index contributed by atoms with van der Waals surface area (Å²) in [6, 6.07) is 6.46. The monoisotopic (exact) mass is 245 g/mol. The van der Waals surface area contributed by atoms with E-state index in [1.165, 1.54) is 22.9 Å². The Morgan fingerprint density at radius 2 is 2.06 bits per heavy atom. The van der Waals surface area contributed by atoms with Gasteiger partial charge in [0, 0.05) is 5.39 Å². The number of fused-ring (bicyclic) bond motifs is 1. The van der Waals surface area contributed by atoms with E-state index in [1.807, 2.05) is 6.26 Å². The Bertz CT molecular complexity index is 499. The van der Waals surface area contributed by atoms with Crippen LogP contribution < -0.4 is 5.32 Å². The second-order valence-corrected chi connectivity index (χ2v) is 5.14. The Kier molecular flexibility index (Phi) is 4.43. The summed E-state index contributed by atoms with van der Waals surface area (Å²) in [6.45, 7) is 8.72. The van der Waals surface area contributed by atoms with Crippen molar-refractivity contribution in [2.24, 2.45) is 0 Å². The molecule has 1 aromatic heterocycles. The van der Waals surface area contributed by atoms with E-state index in [9.17, 15) is 0 Å². The lowest BCUT2D eigenvalue weighted by Crippen LogP contribution is -2.17. The molecular weight excluding hydrogens is 222 g/mol. The second kappa shape index (κ2) is 6.05. The lowest BCUT2D eigenvalue weighted by Gasteiger charge is -2.06. The van der Waals surface area contributed by atoms with E-state index in [0.29, 0.717) is 5.92 Å². The fourth-order valence-corrected chi connectivity index (χ4v) is 2.31. The van der Waals surface area contributed by atoms with E-state index in [2.05, 4.69) is 44.3 Å². The molecule has 0 amide bonds. The van der Waals surface area contributed by atoms with Gasteiger partial charge in [-0.3, -0.25) is 0 Å². The van der Waals surface area contributed by atoms with Gasteiger partial charge in [-0.1, -0.05) is 39.0 Å². The highest BCUT2D eigenvalue weighted by atomic mass is 16.3. The molecule has 18 heavy (non-hydrogen) atoms. The second-order valence-electron chi connectivity index (χ2n) is 5.14. The number of rotatable bonds is 6. The number of benzene rings is 1. The SMILES string of the molecule is CCCNCCc1coc2c(C(C)C)cccc12. The zero-order valence-corrected chi connectivity index (χ0v) is 11.6. The number of furan rings is 1. The summed E-state index contributed by atoms with van der Waals surface area (Å²) in [5.74, 6) is 0.505. The predicted molar refractivity (Wildman–Crippen MR) is 77.2 cm³/mol. The molecule has 0 bridgehead atoms. The van der Waals surface area contributed by atoms with Gasteiger partial charge in [-0.25, -0.2) is 0 Å². The predicted octanol–water partition coefficient (Wildman–Crippen LogP) is 4.10. The van der Waals surface area contributed by atoms with E-state index in [1.54, 1.807) is 0 Å². The van der Waals surface area contributed by atoms with E-state index in [4.69, 9.17) is 4.42 Å². The molecule has 2 aromatic rings. The summed E-state index contributed by atoms with van der Waals surface area (Å²) in [6.07, 6.45) is 4.14. The average molecular weight is 245 g/mol. The molecule has 0 saturated carbocycles. The van der Waals surface area contributed by atoms with Crippen LogP contribution in [-0.4, -0.2) is 13.1 Å². The van der Waals surface area contributed by atoms with Gasteiger partial charge < -0.3 is 9.73 Å². The van der Waals surface area contributed by atoms with Crippen LogP contribution in [-0.2, 0) is 6.42 Å². The van der Waals surface area contributed by atoms with Crippen LogP contribution in [0.25, 0.3) is 11.0 Å². The van der Waals surface area contributed by atoms with Crippen LogP contribution in [0, 0.1) is 0 Å². The molecule has 0 spiro atoms. The summed E-state index contributed by atoms with van der Waals surface area (Å²) in [4.78, 5) is 0. The van der Waals surface area contributed by atoms with E-state index in [0.717, 1.165) is 25.1 Å².